The Morgan fingerprint density at radius 2 is 2.00 bits per heavy atom. The lowest BCUT2D eigenvalue weighted by molar-refractivity contribution is -0.166. The first-order valence-corrected chi connectivity index (χ1v) is 15.1. The molecule has 0 fully saturated rings. The van der Waals surface area contributed by atoms with Crippen LogP contribution in [0.1, 0.15) is 44.6 Å². The lowest BCUT2D eigenvalue weighted by Crippen LogP contribution is -2.57. The molecule has 0 spiro atoms. The minimum absolute atomic E-state index is 0.0350. The molecule has 0 amide bonds. The molecule has 2 aromatic carbocycles. The number of pyridine rings is 1. The number of carbonyl (C=O) groups is 1. The van der Waals surface area contributed by atoms with Crippen molar-refractivity contribution in [2.24, 2.45) is 5.92 Å². The smallest absolute Gasteiger partial charge is 0.333 e. The van der Waals surface area contributed by atoms with E-state index in [-0.39, 0.29) is 52.4 Å². The number of aromatic hydroxyl groups is 2. The molecule has 4 aromatic rings. The zero-order chi connectivity index (χ0) is 33.2. The average Bonchev–Trinajstić information content (AvgIpc) is 3.04. The lowest BCUT2D eigenvalue weighted by atomic mass is 9.76. The molecule has 1 aliphatic heterocycles. The molecule has 0 aliphatic carbocycles. The quantitative estimate of drug-likeness (QED) is 0.122. The summed E-state index contributed by atoms with van der Waals surface area (Å²) in [6.07, 6.45) is 2.53. The van der Waals surface area contributed by atoms with Crippen molar-refractivity contribution in [1.29, 1.82) is 0 Å². The summed E-state index contributed by atoms with van der Waals surface area (Å²) >= 11 is 0. The summed E-state index contributed by atoms with van der Waals surface area (Å²) in [7, 11) is 0. The minimum atomic E-state index is -1.38. The molecule has 0 bridgehead atoms. The van der Waals surface area contributed by atoms with Gasteiger partial charge in [0.15, 0.2) is 11.0 Å². The van der Waals surface area contributed by atoms with Crippen LogP contribution in [0.25, 0.3) is 22.1 Å². The molecule has 5 rings (SSSR count). The highest BCUT2D eigenvalue weighted by molar-refractivity contribution is 6.01. The predicted molar refractivity (Wildman–Crippen MR) is 172 cm³/mol. The van der Waals surface area contributed by atoms with Gasteiger partial charge in [0.25, 0.3) is 0 Å². The summed E-state index contributed by atoms with van der Waals surface area (Å²) in [6, 6.07) is 11.1. The number of rotatable bonds is 10. The normalized spacial score (nSPS) is 18.5. The Morgan fingerprint density at radius 3 is 2.63 bits per heavy atom. The highest BCUT2D eigenvalue weighted by Gasteiger charge is 2.51. The molecule has 0 saturated carbocycles. The first-order valence-electron chi connectivity index (χ1n) is 15.1. The molecule has 0 radical (unpaired) electrons. The van der Waals surface area contributed by atoms with Gasteiger partial charge in [-0.25, -0.2) is 9.78 Å². The number of allylic oxidation sites excluding steroid dienone is 1. The number of fused-ring (bicyclic) bond motifs is 2. The number of hydrogen-bond acceptors (Lipinski definition) is 11. The van der Waals surface area contributed by atoms with Gasteiger partial charge in [-0.05, 0) is 63.4 Å². The van der Waals surface area contributed by atoms with Gasteiger partial charge < -0.3 is 39.6 Å². The summed E-state index contributed by atoms with van der Waals surface area (Å²) in [5.41, 5.74) is -0.0177. The maximum Gasteiger partial charge on any atom is 0.333 e. The number of nitrogens with one attached hydrogen (secondary N) is 1. The second-order valence-electron chi connectivity index (χ2n) is 11.5. The van der Waals surface area contributed by atoms with Gasteiger partial charge >= 0.3 is 5.97 Å². The summed E-state index contributed by atoms with van der Waals surface area (Å²) in [5, 5.41) is 45.6. The molecule has 3 atom stereocenters. The third kappa shape index (κ3) is 6.03. The highest BCUT2D eigenvalue weighted by atomic mass is 16.6. The predicted octanol–water partition coefficient (Wildman–Crippen LogP) is 4.61. The van der Waals surface area contributed by atoms with E-state index in [2.05, 4.69) is 10.3 Å². The number of ether oxygens (including phenoxy) is 2. The second-order valence-corrected chi connectivity index (χ2v) is 11.5. The summed E-state index contributed by atoms with van der Waals surface area (Å²) in [4.78, 5) is 30.9. The van der Waals surface area contributed by atoms with Gasteiger partial charge in [-0.3, -0.25) is 4.79 Å². The fourth-order valence-corrected chi connectivity index (χ4v) is 5.84. The number of nitrogens with zero attached hydrogens (tertiary/aromatic N) is 1. The van der Waals surface area contributed by atoms with Crippen LogP contribution in [0.4, 0.5) is 5.82 Å². The second kappa shape index (κ2) is 13.2. The first kappa shape index (κ1) is 32.5. The Morgan fingerprint density at radius 1 is 1.22 bits per heavy atom. The largest absolute Gasteiger partial charge is 0.508 e. The van der Waals surface area contributed by atoms with E-state index in [1.165, 1.54) is 12.1 Å². The molecule has 11 heteroatoms. The van der Waals surface area contributed by atoms with Crippen molar-refractivity contribution in [2.45, 2.75) is 58.8 Å². The third-order valence-electron chi connectivity index (χ3n) is 8.59. The summed E-state index contributed by atoms with van der Waals surface area (Å²) < 4.78 is 18.8. The average molecular weight is 631 g/mol. The number of aliphatic hydroxyl groups is 2. The maximum absolute atomic E-state index is 13.3. The van der Waals surface area contributed by atoms with Crippen LogP contribution < -0.4 is 15.5 Å². The van der Waals surface area contributed by atoms with Crippen LogP contribution in [-0.4, -0.2) is 56.2 Å². The Bertz CT molecular complexity index is 1850. The number of benzene rings is 2. The van der Waals surface area contributed by atoms with Crippen molar-refractivity contribution in [3.63, 3.8) is 0 Å². The Hall–Kier alpha value is -4.87. The molecule has 11 nitrogen and oxygen atoms in total. The van der Waals surface area contributed by atoms with Crippen LogP contribution >= 0.6 is 0 Å². The number of phenolic OH excluding ortho intramolecular Hbond substituents is 2. The van der Waals surface area contributed by atoms with Gasteiger partial charge in [0, 0.05) is 42.3 Å². The molecule has 2 aromatic heterocycles. The van der Waals surface area contributed by atoms with Gasteiger partial charge in [0.2, 0.25) is 0 Å². The van der Waals surface area contributed by atoms with Crippen molar-refractivity contribution in [3.8, 4) is 28.4 Å². The van der Waals surface area contributed by atoms with Crippen molar-refractivity contribution < 1.29 is 39.1 Å². The highest BCUT2D eigenvalue weighted by Crippen LogP contribution is 2.52. The van der Waals surface area contributed by atoms with Gasteiger partial charge in [0.1, 0.15) is 52.5 Å². The van der Waals surface area contributed by atoms with Gasteiger partial charge in [0.05, 0.1) is 12.2 Å². The molecule has 0 saturated heterocycles. The number of hydrogen-bond donors (Lipinski definition) is 5. The third-order valence-corrected chi connectivity index (χ3v) is 8.59. The SMILES string of the molecule is CC=C(C)C(=O)OC1Cc2c(c(-c3cccc(O)c3)c3oc(CO)cc(=O)c3c2O)OC1(C)C(CO)Cc1ccc(NCC)nc1. The van der Waals surface area contributed by atoms with Gasteiger partial charge in [-0.2, -0.15) is 0 Å². The number of aliphatic hydroxyl groups excluding tert-OH is 2. The molecule has 3 heterocycles. The van der Waals surface area contributed by atoms with E-state index in [0.29, 0.717) is 29.9 Å². The van der Waals surface area contributed by atoms with Crippen LogP contribution in [0.15, 0.2) is 69.5 Å². The number of esters is 1. The molecule has 5 N–H and O–H groups in total. The molecule has 1 aliphatic rings. The molecular formula is C35H38N2O9. The van der Waals surface area contributed by atoms with Gasteiger partial charge in [-0.1, -0.05) is 24.3 Å². The zero-order valence-electron chi connectivity index (χ0n) is 26.2. The topological polar surface area (TPSA) is 172 Å². The van der Waals surface area contributed by atoms with Crippen LogP contribution in [-0.2, 0) is 29.0 Å². The van der Waals surface area contributed by atoms with Crippen LogP contribution in [0, 0.1) is 5.92 Å². The zero-order valence-corrected chi connectivity index (χ0v) is 26.2. The summed E-state index contributed by atoms with van der Waals surface area (Å²) in [5.74, 6) is -0.931. The van der Waals surface area contributed by atoms with E-state index >= 15 is 0 Å². The Balaban J connectivity index is 1.74. The van der Waals surface area contributed by atoms with E-state index < -0.39 is 41.4 Å². The fourth-order valence-electron chi connectivity index (χ4n) is 5.84. The van der Waals surface area contributed by atoms with E-state index in [0.717, 1.165) is 11.6 Å². The van der Waals surface area contributed by atoms with Crippen molar-refractivity contribution in [2.75, 3.05) is 18.5 Å². The number of aromatic nitrogens is 1. The molecular weight excluding hydrogens is 592 g/mol. The van der Waals surface area contributed by atoms with Crippen molar-refractivity contribution in [3.05, 3.63) is 87.4 Å². The van der Waals surface area contributed by atoms with E-state index in [9.17, 15) is 30.0 Å². The molecule has 3 unspecified atom stereocenters. The Kier molecular flexibility index (Phi) is 9.36. The van der Waals surface area contributed by atoms with Gasteiger partial charge in [-0.15, -0.1) is 0 Å². The van der Waals surface area contributed by atoms with E-state index in [4.69, 9.17) is 13.9 Å². The number of phenols is 2. The number of anilines is 1. The lowest BCUT2D eigenvalue weighted by Gasteiger charge is -2.46. The monoisotopic (exact) mass is 630 g/mol. The summed E-state index contributed by atoms with van der Waals surface area (Å²) in [6.45, 7) is 6.80. The minimum Gasteiger partial charge on any atom is -0.508 e. The maximum atomic E-state index is 13.3. The first-order chi connectivity index (χ1) is 22.0. The van der Waals surface area contributed by atoms with E-state index in [1.807, 2.05) is 19.1 Å². The number of carbonyl (C=O) groups excluding carboxylic acids is 1. The Labute approximate surface area is 265 Å². The standard InChI is InChI=1S/C35H38N2O9/c1-5-19(3)34(43)45-27-15-25-31(42)30-26(41)14-24(18-39)44-33(30)29(21-8-7-9-23(40)13-21)32(25)46-35(27,4)22(17-38)12-20-10-11-28(36-6-2)37-16-20/h5,7-11,13-14,16,22,27,38-40,42H,6,12,15,17-18H2,1-4H3,(H,36,37). The molecule has 242 valence electrons. The van der Waals surface area contributed by atoms with Crippen LogP contribution in [0.3, 0.4) is 0 Å². The van der Waals surface area contributed by atoms with Crippen LogP contribution in [0.2, 0.25) is 0 Å². The van der Waals surface area contributed by atoms with Crippen molar-refractivity contribution in [1.82, 2.24) is 4.98 Å². The fraction of sp³-hybridized carbons (Fsp3) is 0.343. The van der Waals surface area contributed by atoms with Crippen LogP contribution in [0.5, 0.6) is 17.2 Å². The molecule has 46 heavy (non-hydrogen) atoms. The van der Waals surface area contributed by atoms with Crippen molar-refractivity contribution >= 4 is 22.8 Å². The van der Waals surface area contributed by atoms with E-state index in [1.54, 1.807) is 45.2 Å².